The average molecular weight is 342 g/mol. The quantitative estimate of drug-likeness (QED) is 0.776. The molecule has 3 rings (SSSR count). The Bertz CT molecular complexity index is 868. The molecule has 0 saturated heterocycles. The predicted molar refractivity (Wildman–Crippen MR) is 91.2 cm³/mol. The average Bonchev–Trinajstić information content (AvgIpc) is 2.56. The van der Waals surface area contributed by atoms with Crippen LogP contribution in [0.5, 0.6) is 0 Å². The topological polar surface area (TPSA) is 54.9 Å². The summed E-state index contributed by atoms with van der Waals surface area (Å²) >= 11 is 5.89. The van der Waals surface area contributed by atoms with E-state index in [1.807, 2.05) is 6.07 Å². The van der Waals surface area contributed by atoms with Crippen molar-refractivity contribution in [3.8, 4) is 11.3 Å². The van der Waals surface area contributed by atoms with Crippen LogP contribution in [0.2, 0.25) is 5.02 Å². The highest BCUT2D eigenvalue weighted by molar-refractivity contribution is 6.30. The Labute approximate surface area is 143 Å². The van der Waals surface area contributed by atoms with Gasteiger partial charge < -0.3 is 5.32 Å². The highest BCUT2D eigenvalue weighted by atomic mass is 35.5. The van der Waals surface area contributed by atoms with Crippen molar-refractivity contribution in [2.75, 3.05) is 5.32 Å². The summed E-state index contributed by atoms with van der Waals surface area (Å²) in [4.78, 5) is 12.0. The maximum Gasteiger partial charge on any atom is 0.229 e. The van der Waals surface area contributed by atoms with Crippen molar-refractivity contribution < 1.29 is 9.18 Å². The summed E-state index contributed by atoms with van der Waals surface area (Å²) in [6.45, 7) is 0. The fourth-order valence-corrected chi connectivity index (χ4v) is 2.44. The number of carbonyl (C=O) groups excluding carboxylic acids is 1. The Balaban J connectivity index is 1.68. The van der Waals surface area contributed by atoms with E-state index in [1.165, 1.54) is 6.07 Å². The van der Waals surface area contributed by atoms with Crippen LogP contribution in [-0.2, 0) is 11.2 Å². The second-order valence-corrected chi connectivity index (χ2v) is 5.57. The van der Waals surface area contributed by atoms with Crippen LogP contribution in [0.4, 0.5) is 10.2 Å². The monoisotopic (exact) mass is 341 g/mol. The van der Waals surface area contributed by atoms with Crippen LogP contribution in [0, 0.1) is 5.82 Å². The van der Waals surface area contributed by atoms with Crippen LogP contribution in [-0.4, -0.2) is 16.1 Å². The molecule has 120 valence electrons. The molecule has 4 nitrogen and oxygen atoms in total. The summed E-state index contributed by atoms with van der Waals surface area (Å²) in [6, 6.07) is 16.6. The number of benzene rings is 2. The van der Waals surface area contributed by atoms with Gasteiger partial charge in [0.1, 0.15) is 5.82 Å². The summed E-state index contributed by atoms with van der Waals surface area (Å²) < 4.78 is 13.7. The van der Waals surface area contributed by atoms with Gasteiger partial charge in [0.25, 0.3) is 0 Å². The van der Waals surface area contributed by atoms with Crippen LogP contribution >= 0.6 is 11.6 Å². The molecule has 0 spiro atoms. The summed E-state index contributed by atoms with van der Waals surface area (Å²) in [7, 11) is 0. The van der Waals surface area contributed by atoms with Gasteiger partial charge in [-0.05, 0) is 42.0 Å². The lowest BCUT2D eigenvalue weighted by atomic mass is 10.1. The lowest BCUT2D eigenvalue weighted by Gasteiger charge is -2.06. The zero-order valence-electron chi connectivity index (χ0n) is 12.5. The van der Waals surface area contributed by atoms with E-state index < -0.39 is 0 Å². The van der Waals surface area contributed by atoms with Gasteiger partial charge in [0.05, 0.1) is 12.1 Å². The molecule has 0 unspecified atom stereocenters. The number of halogens is 2. The summed E-state index contributed by atoms with van der Waals surface area (Å²) in [5.74, 6) is -0.295. The molecule has 0 aliphatic rings. The molecule has 0 bridgehead atoms. The Morgan fingerprint density at radius 2 is 1.88 bits per heavy atom. The van der Waals surface area contributed by atoms with Crippen molar-refractivity contribution in [2.24, 2.45) is 0 Å². The number of aromatic nitrogens is 2. The van der Waals surface area contributed by atoms with Crippen molar-refractivity contribution in [2.45, 2.75) is 6.42 Å². The first kappa shape index (κ1) is 16.1. The summed E-state index contributed by atoms with van der Waals surface area (Å²) in [5.41, 5.74) is 1.57. The Kier molecular flexibility index (Phi) is 4.82. The summed E-state index contributed by atoms with van der Waals surface area (Å²) in [6.07, 6.45) is 0.178. The predicted octanol–water partition coefficient (Wildman–Crippen LogP) is 4.12. The molecule has 1 heterocycles. The van der Waals surface area contributed by atoms with Gasteiger partial charge >= 0.3 is 0 Å². The van der Waals surface area contributed by atoms with E-state index in [1.54, 1.807) is 48.5 Å². The molecule has 24 heavy (non-hydrogen) atoms. The van der Waals surface area contributed by atoms with Gasteiger partial charge in [-0.15, -0.1) is 10.2 Å². The Hall–Kier alpha value is -2.79. The second-order valence-electron chi connectivity index (χ2n) is 5.14. The fraction of sp³-hybridized carbons (Fsp3) is 0.0556. The summed E-state index contributed by atoms with van der Waals surface area (Å²) in [5, 5.41) is 11.1. The number of amides is 1. The van der Waals surface area contributed by atoms with Crippen molar-refractivity contribution in [1.82, 2.24) is 10.2 Å². The van der Waals surface area contributed by atoms with E-state index in [9.17, 15) is 9.18 Å². The normalized spacial score (nSPS) is 10.4. The third kappa shape index (κ3) is 3.94. The third-order valence-corrected chi connectivity index (χ3v) is 3.57. The first-order valence-corrected chi connectivity index (χ1v) is 7.62. The lowest BCUT2D eigenvalue weighted by Crippen LogP contribution is -2.15. The van der Waals surface area contributed by atoms with E-state index in [-0.39, 0.29) is 18.1 Å². The molecule has 0 fully saturated rings. The minimum atomic E-state index is -0.371. The highest BCUT2D eigenvalue weighted by Gasteiger charge is 2.09. The van der Waals surface area contributed by atoms with E-state index in [0.29, 0.717) is 22.1 Å². The molecule has 1 aromatic heterocycles. The largest absolute Gasteiger partial charge is 0.309 e. The van der Waals surface area contributed by atoms with Crippen molar-refractivity contribution in [1.29, 1.82) is 0 Å². The third-order valence-electron chi connectivity index (χ3n) is 3.34. The van der Waals surface area contributed by atoms with E-state index in [2.05, 4.69) is 15.5 Å². The number of hydrogen-bond donors (Lipinski definition) is 1. The first-order valence-electron chi connectivity index (χ1n) is 7.25. The number of rotatable bonds is 4. The number of nitrogens with one attached hydrogen (secondary N) is 1. The maximum absolute atomic E-state index is 13.7. The van der Waals surface area contributed by atoms with E-state index in [0.717, 1.165) is 5.56 Å². The van der Waals surface area contributed by atoms with Crippen LogP contribution in [0.3, 0.4) is 0 Å². The zero-order chi connectivity index (χ0) is 16.9. The van der Waals surface area contributed by atoms with Gasteiger partial charge in [0.2, 0.25) is 5.91 Å². The fourth-order valence-electron chi connectivity index (χ4n) is 2.23. The van der Waals surface area contributed by atoms with E-state index >= 15 is 0 Å². The molecule has 2 aromatic carbocycles. The van der Waals surface area contributed by atoms with Crippen LogP contribution in [0.1, 0.15) is 5.56 Å². The Morgan fingerprint density at radius 1 is 1.04 bits per heavy atom. The standard InChI is InChI=1S/C18H13ClFN3O/c19-13-5-3-4-12(10-13)11-18(24)21-17-9-8-16(22-23-17)14-6-1-2-7-15(14)20/h1-10H,11H2,(H,21,23,24). The van der Waals surface area contributed by atoms with Crippen LogP contribution < -0.4 is 5.32 Å². The number of anilines is 1. The molecule has 0 aliphatic carbocycles. The highest BCUT2D eigenvalue weighted by Crippen LogP contribution is 2.20. The minimum Gasteiger partial charge on any atom is -0.309 e. The van der Waals surface area contributed by atoms with Gasteiger partial charge in [-0.3, -0.25) is 4.79 Å². The van der Waals surface area contributed by atoms with Crippen molar-refractivity contribution in [3.05, 3.63) is 77.1 Å². The maximum atomic E-state index is 13.7. The van der Waals surface area contributed by atoms with E-state index in [4.69, 9.17) is 11.6 Å². The molecule has 1 amide bonds. The van der Waals surface area contributed by atoms with Crippen molar-refractivity contribution in [3.63, 3.8) is 0 Å². The van der Waals surface area contributed by atoms with Crippen LogP contribution in [0.15, 0.2) is 60.7 Å². The second kappa shape index (κ2) is 7.19. The lowest BCUT2D eigenvalue weighted by molar-refractivity contribution is -0.115. The van der Waals surface area contributed by atoms with Gasteiger partial charge in [0.15, 0.2) is 5.82 Å². The molecule has 6 heteroatoms. The van der Waals surface area contributed by atoms with Crippen LogP contribution in [0.25, 0.3) is 11.3 Å². The molecule has 1 N–H and O–H groups in total. The molecule has 0 saturated carbocycles. The van der Waals surface area contributed by atoms with Gasteiger partial charge in [-0.2, -0.15) is 0 Å². The molecule has 3 aromatic rings. The number of nitrogens with zero attached hydrogens (tertiary/aromatic N) is 2. The van der Waals surface area contributed by atoms with Gasteiger partial charge in [0, 0.05) is 10.6 Å². The molecular weight excluding hydrogens is 329 g/mol. The number of carbonyl (C=O) groups is 1. The minimum absolute atomic E-state index is 0.178. The molecule has 0 aliphatic heterocycles. The zero-order valence-corrected chi connectivity index (χ0v) is 13.3. The first-order chi connectivity index (χ1) is 11.6. The Morgan fingerprint density at radius 3 is 2.58 bits per heavy atom. The number of hydrogen-bond acceptors (Lipinski definition) is 3. The molecule has 0 atom stereocenters. The molecule has 0 radical (unpaired) electrons. The van der Waals surface area contributed by atoms with Gasteiger partial charge in [-0.25, -0.2) is 4.39 Å². The smallest absolute Gasteiger partial charge is 0.229 e. The van der Waals surface area contributed by atoms with Crippen molar-refractivity contribution >= 4 is 23.3 Å². The van der Waals surface area contributed by atoms with Gasteiger partial charge in [-0.1, -0.05) is 35.9 Å². The molecular formula is C18H13ClFN3O. The SMILES string of the molecule is O=C(Cc1cccc(Cl)c1)Nc1ccc(-c2ccccc2F)nn1.